The summed E-state index contributed by atoms with van der Waals surface area (Å²) in [5.41, 5.74) is 1.56. The van der Waals surface area contributed by atoms with Crippen LogP contribution in [0.5, 0.6) is 0 Å². The Balaban J connectivity index is 1.86. The molecule has 3 atom stereocenters. The van der Waals surface area contributed by atoms with Crippen molar-refractivity contribution in [3.63, 3.8) is 0 Å². The fraction of sp³-hybridized carbons (Fsp3) is 0.318. The van der Waals surface area contributed by atoms with Crippen LogP contribution in [0.4, 0.5) is 5.69 Å². The molecule has 0 unspecified atom stereocenters. The number of nitrogens with zero attached hydrogens (tertiary/aromatic N) is 2. The summed E-state index contributed by atoms with van der Waals surface area (Å²) in [6, 6.07) is 19.4. The molecule has 0 N–H and O–H groups in total. The highest BCUT2D eigenvalue weighted by atomic mass is 32.2. The Morgan fingerprint density at radius 2 is 1.82 bits per heavy atom. The predicted octanol–water partition coefficient (Wildman–Crippen LogP) is 4.21. The Morgan fingerprint density at radius 1 is 1.18 bits per heavy atom. The number of carbonyl (C=O) groups is 2. The molecule has 2 aromatic rings. The minimum absolute atomic E-state index is 0.124. The Kier molecular flexibility index (Phi) is 4.98. The van der Waals surface area contributed by atoms with Crippen molar-refractivity contribution in [3.8, 4) is 0 Å². The maximum absolute atomic E-state index is 13.9. The van der Waals surface area contributed by atoms with Gasteiger partial charge in [-0.1, -0.05) is 55.5 Å². The van der Waals surface area contributed by atoms with Gasteiger partial charge in [0.25, 0.3) is 5.91 Å². The first-order valence-electron chi connectivity index (χ1n) is 9.40. The molecule has 2 aliphatic heterocycles. The monoisotopic (exact) mass is 394 g/mol. The Morgan fingerprint density at radius 3 is 2.43 bits per heavy atom. The zero-order valence-corrected chi connectivity index (χ0v) is 16.7. The second-order valence-corrected chi connectivity index (χ2v) is 8.08. The van der Waals surface area contributed by atoms with Crippen molar-refractivity contribution in [1.29, 1.82) is 0 Å². The highest BCUT2D eigenvalue weighted by Gasteiger charge is 2.65. The quantitative estimate of drug-likeness (QED) is 0.729. The number of anilines is 1. The van der Waals surface area contributed by atoms with E-state index in [-0.39, 0.29) is 17.1 Å². The van der Waals surface area contributed by atoms with E-state index in [4.69, 9.17) is 9.84 Å². The van der Waals surface area contributed by atoms with Crippen LogP contribution in [-0.4, -0.2) is 29.4 Å². The predicted molar refractivity (Wildman–Crippen MR) is 111 cm³/mol. The summed E-state index contributed by atoms with van der Waals surface area (Å²) in [6.07, 6.45) is 0.0663. The molecular formula is C22H22N2O3S. The van der Waals surface area contributed by atoms with Crippen LogP contribution in [0, 0.1) is 5.41 Å². The number of benzene rings is 2. The van der Waals surface area contributed by atoms with E-state index in [2.05, 4.69) is 0 Å². The Labute approximate surface area is 168 Å². The number of rotatable bonds is 4. The molecule has 2 heterocycles. The average molecular weight is 394 g/mol. The van der Waals surface area contributed by atoms with Gasteiger partial charge in [-0.2, -0.15) is 10.1 Å². The molecule has 0 saturated carbocycles. The zero-order valence-electron chi connectivity index (χ0n) is 15.9. The van der Waals surface area contributed by atoms with Crippen LogP contribution in [0.3, 0.4) is 0 Å². The lowest BCUT2D eigenvalue weighted by Gasteiger charge is -2.34. The van der Waals surface area contributed by atoms with Gasteiger partial charge in [-0.15, -0.1) is 11.8 Å². The number of hydrogen-bond donors (Lipinski definition) is 0. The van der Waals surface area contributed by atoms with Gasteiger partial charge >= 0.3 is 5.97 Å². The largest absolute Gasteiger partial charge is 0.460 e. The topological polar surface area (TPSA) is 59.0 Å². The maximum atomic E-state index is 13.9. The normalized spacial score (nSPS) is 26.6. The number of ether oxygens (including phenoxy) is 1. The van der Waals surface area contributed by atoms with Crippen LogP contribution >= 0.6 is 11.8 Å². The molecule has 0 radical (unpaired) electrons. The van der Waals surface area contributed by atoms with Crippen LogP contribution in [-0.2, 0) is 14.3 Å². The molecule has 144 valence electrons. The smallest absolute Gasteiger partial charge is 0.302 e. The average Bonchev–Trinajstić information content (AvgIpc) is 3.23. The van der Waals surface area contributed by atoms with Crippen LogP contribution in [0.15, 0.2) is 65.8 Å². The first kappa shape index (κ1) is 18.7. The summed E-state index contributed by atoms with van der Waals surface area (Å²) in [4.78, 5) is 25.7. The van der Waals surface area contributed by atoms with E-state index in [1.165, 1.54) is 11.9 Å². The van der Waals surface area contributed by atoms with Gasteiger partial charge in [0.05, 0.1) is 16.6 Å². The molecular weight excluding hydrogens is 372 g/mol. The van der Waals surface area contributed by atoms with Gasteiger partial charge in [-0.05, 0) is 24.1 Å². The number of para-hydroxylation sites is 1. The molecule has 1 saturated heterocycles. The zero-order chi connectivity index (χ0) is 19.7. The highest BCUT2D eigenvalue weighted by Crippen LogP contribution is 2.58. The summed E-state index contributed by atoms with van der Waals surface area (Å²) in [5, 5.41) is 6.05. The first-order valence-corrected chi connectivity index (χ1v) is 10.4. The van der Waals surface area contributed by atoms with Crippen LogP contribution in [0.1, 0.15) is 31.1 Å². The SMILES string of the molecule is CCC1=NN(c2ccccc2)C(=O)[C@@]12[C@@H](OC(C)=O)CS[C@H]2c1ccccc1. The molecule has 1 spiro atoms. The molecule has 2 aliphatic rings. The third kappa shape index (κ3) is 2.83. The van der Waals surface area contributed by atoms with Crippen molar-refractivity contribution in [2.24, 2.45) is 10.5 Å². The van der Waals surface area contributed by atoms with Crippen LogP contribution in [0.25, 0.3) is 0 Å². The van der Waals surface area contributed by atoms with E-state index >= 15 is 0 Å². The summed E-state index contributed by atoms with van der Waals surface area (Å²) in [5.74, 6) is 0.0627. The molecule has 1 amide bonds. The molecule has 28 heavy (non-hydrogen) atoms. The number of carbonyl (C=O) groups excluding carboxylic acids is 2. The molecule has 0 aliphatic carbocycles. The number of amides is 1. The van der Waals surface area contributed by atoms with Crippen molar-refractivity contribution in [2.75, 3.05) is 10.8 Å². The summed E-state index contributed by atoms with van der Waals surface area (Å²) >= 11 is 1.66. The second kappa shape index (κ2) is 7.43. The van der Waals surface area contributed by atoms with Gasteiger partial charge in [0.1, 0.15) is 11.5 Å². The lowest BCUT2D eigenvalue weighted by atomic mass is 9.72. The minimum Gasteiger partial charge on any atom is -0.460 e. The molecule has 5 nitrogen and oxygen atoms in total. The summed E-state index contributed by atoms with van der Waals surface area (Å²) in [6.45, 7) is 3.39. The highest BCUT2D eigenvalue weighted by molar-refractivity contribution is 8.00. The fourth-order valence-corrected chi connectivity index (χ4v) is 5.87. The molecule has 6 heteroatoms. The van der Waals surface area contributed by atoms with Gasteiger partial charge in [-0.3, -0.25) is 9.59 Å². The number of hydrogen-bond acceptors (Lipinski definition) is 5. The lowest BCUT2D eigenvalue weighted by molar-refractivity contribution is -0.151. The van der Waals surface area contributed by atoms with Gasteiger partial charge < -0.3 is 4.74 Å². The molecule has 1 fully saturated rings. The molecule has 0 aromatic heterocycles. The summed E-state index contributed by atoms with van der Waals surface area (Å²) < 4.78 is 5.70. The number of esters is 1. The van der Waals surface area contributed by atoms with E-state index in [0.29, 0.717) is 12.2 Å². The van der Waals surface area contributed by atoms with Gasteiger partial charge in [0.2, 0.25) is 0 Å². The minimum atomic E-state index is -0.984. The van der Waals surface area contributed by atoms with E-state index in [9.17, 15) is 9.59 Å². The van der Waals surface area contributed by atoms with Crippen molar-refractivity contribution in [3.05, 3.63) is 66.2 Å². The van der Waals surface area contributed by atoms with Gasteiger partial charge in [-0.25, -0.2) is 0 Å². The Bertz CT molecular complexity index is 916. The van der Waals surface area contributed by atoms with Crippen molar-refractivity contribution >= 4 is 35.0 Å². The maximum Gasteiger partial charge on any atom is 0.302 e. The van der Waals surface area contributed by atoms with Crippen LogP contribution < -0.4 is 5.01 Å². The molecule has 2 aromatic carbocycles. The van der Waals surface area contributed by atoms with Crippen molar-refractivity contribution < 1.29 is 14.3 Å². The Hall–Kier alpha value is -2.60. The lowest BCUT2D eigenvalue weighted by Crippen LogP contribution is -2.50. The van der Waals surface area contributed by atoms with E-state index in [0.717, 1.165) is 17.0 Å². The fourth-order valence-electron chi connectivity index (χ4n) is 4.17. The van der Waals surface area contributed by atoms with Crippen LogP contribution in [0.2, 0.25) is 0 Å². The molecule has 4 rings (SSSR count). The second-order valence-electron chi connectivity index (χ2n) is 6.94. The van der Waals surface area contributed by atoms with E-state index < -0.39 is 11.5 Å². The first-order chi connectivity index (χ1) is 13.6. The summed E-state index contributed by atoms with van der Waals surface area (Å²) in [7, 11) is 0. The molecule has 0 bridgehead atoms. The van der Waals surface area contributed by atoms with Crippen molar-refractivity contribution in [2.45, 2.75) is 31.6 Å². The van der Waals surface area contributed by atoms with E-state index in [1.807, 2.05) is 67.6 Å². The number of hydrazone groups is 1. The van der Waals surface area contributed by atoms with Crippen molar-refractivity contribution in [1.82, 2.24) is 0 Å². The standard InChI is InChI=1S/C22H22N2O3S/c1-3-18-22(21(26)24(23-18)17-12-8-5-9-13-17)19(27-15(2)25)14-28-20(22)16-10-6-4-7-11-16/h4-13,19-20H,3,14H2,1-2H3/t19-,20-,22+/m0/s1. The third-order valence-electron chi connectivity index (χ3n) is 5.33. The third-order valence-corrected chi connectivity index (χ3v) is 6.80. The van der Waals surface area contributed by atoms with Gasteiger partial charge in [0, 0.05) is 12.7 Å². The number of thioether (sulfide) groups is 1. The van der Waals surface area contributed by atoms with Gasteiger partial charge in [0.15, 0.2) is 0 Å². The van der Waals surface area contributed by atoms with E-state index in [1.54, 1.807) is 11.8 Å².